The van der Waals surface area contributed by atoms with E-state index in [0.29, 0.717) is 0 Å². The molecular weight excluding hydrogens is 300 g/mol. The summed E-state index contributed by atoms with van der Waals surface area (Å²) in [7, 11) is 0. The van der Waals surface area contributed by atoms with Crippen molar-refractivity contribution in [3.05, 3.63) is 35.9 Å². The molecule has 0 aliphatic heterocycles. The molecular formula is C13H20OTe. The first kappa shape index (κ1) is 13.0. The van der Waals surface area contributed by atoms with E-state index < -0.39 is 0 Å². The second kappa shape index (κ2) is 8.16. The first-order chi connectivity index (χ1) is 7.34. The van der Waals surface area contributed by atoms with Crippen LogP contribution in [-0.2, 0) is 0 Å². The van der Waals surface area contributed by atoms with E-state index in [-0.39, 0.29) is 27.0 Å². The van der Waals surface area contributed by atoms with Gasteiger partial charge in [0.25, 0.3) is 0 Å². The predicted molar refractivity (Wildman–Crippen MR) is 66.3 cm³/mol. The van der Waals surface area contributed by atoms with Crippen LogP contribution in [0.1, 0.15) is 37.9 Å². The van der Waals surface area contributed by atoms with Crippen molar-refractivity contribution in [1.29, 1.82) is 0 Å². The van der Waals surface area contributed by atoms with Crippen LogP contribution in [0.5, 0.6) is 0 Å². The minimum absolute atomic E-state index is 0.167. The Morgan fingerprint density at radius 2 is 1.93 bits per heavy atom. The van der Waals surface area contributed by atoms with Gasteiger partial charge in [-0.3, -0.25) is 0 Å². The third-order valence-electron chi connectivity index (χ3n) is 2.36. The maximum absolute atomic E-state index is 9.90. The number of aliphatic hydroxyl groups is 1. The number of benzene rings is 1. The van der Waals surface area contributed by atoms with E-state index in [9.17, 15) is 5.11 Å². The van der Waals surface area contributed by atoms with Crippen LogP contribution in [0.15, 0.2) is 30.3 Å². The topological polar surface area (TPSA) is 20.2 Å². The molecule has 1 N–H and O–H groups in total. The Bertz CT molecular complexity index is 248. The summed E-state index contributed by atoms with van der Waals surface area (Å²) in [5, 5.41) is 9.90. The normalized spacial score (nSPS) is 12.7. The van der Waals surface area contributed by atoms with Gasteiger partial charge >= 0.3 is 103 Å². The zero-order chi connectivity index (χ0) is 10.9. The van der Waals surface area contributed by atoms with E-state index in [1.165, 1.54) is 21.8 Å². The van der Waals surface area contributed by atoms with Gasteiger partial charge in [-0.25, -0.2) is 0 Å². The molecule has 1 aromatic rings. The molecule has 0 bridgehead atoms. The summed E-state index contributed by atoms with van der Waals surface area (Å²) in [5.74, 6) is 0. The minimum atomic E-state index is -0.238. The molecule has 1 atom stereocenters. The van der Waals surface area contributed by atoms with Crippen LogP contribution in [0.4, 0.5) is 0 Å². The zero-order valence-corrected chi connectivity index (χ0v) is 11.7. The molecule has 0 saturated carbocycles. The van der Waals surface area contributed by atoms with E-state index in [2.05, 4.69) is 6.92 Å². The van der Waals surface area contributed by atoms with Gasteiger partial charge < -0.3 is 0 Å². The average molecular weight is 320 g/mol. The molecule has 1 rings (SSSR count). The van der Waals surface area contributed by atoms with Crippen molar-refractivity contribution < 1.29 is 5.11 Å². The standard InChI is InChI=1S/C13H20OTe/c1-2-3-10-15-11-9-13(14)12-7-5-4-6-8-12/h4-8,13-14H,2-3,9-11H2,1H3. The molecule has 0 spiro atoms. The zero-order valence-electron chi connectivity index (χ0n) is 9.36. The molecule has 0 aromatic heterocycles. The van der Waals surface area contributed by atoms with E-state index in [0.717, 1.165) is 12.0 Å². The number of rotatable bonds is 7. The Balaban J connectivity index is 2.16. The molecule has 1 aromatic carbocycles. The quantitative estimate of drug-likeness (QED) is 0.603. The molecule has 84 valence electrons. The van der Waals surface area contributed by atoms with Crippen LogP contribution in [0.2, 0.25) is 8.94 Å². The molecule has 0 saturated heterocycles. The van der Waals surface area contributed by atoms with Crippen LogP contribution in [0, 0.1) is 0 Å². The van der Waals surface area contributed by atoms with Crippen molar-refractivity contribution in [1.82, 2.24) is 0 Å². The SMILES string of the molecule is CCCC[Te]CCC(O)c1ccccc1. The molecule has 0 heterocycles. The molecule has 1 nitrogen and oxygen atoms in total. The van der Waals surface area contributed by atoms with Gasteiger partial charge in [-0.1, -0.05) is 0 Å². The van der Waals surface area contributed by atoms with Crippen LogP contribution in [0.3, 0.4) is 0 Å². The van der Waals surface area contributed by atoms with Crippen molar-refractivity contribution in [2.45, 2.75) is 41.2 Å². The third-order valence-corrected chi connectivity index (χ3v) is 5.51. The van der Waals surface area contributed by atoms with E-state index in [4.69, 9.17) is 0 Å². The van der Waals surface area contributed by atoms with Gasteiger partial charge in [0.15, 0.2) is 0 Å². The summed E-state index contributed by atoms with van der Waals surface area (Å²) in [6, 6.07) is 10.00. The number of hydrogen-bond donors (Lipinski definition) is 1. The molecule has 0 aliphatic rings. The number of aliphatic hydroxyl groups excluding tert-OH is 1. The number of unbranched alkanes of at least 4 members (excludes halogenated alkanes) is 1. The van der Waals surface area contributed by atoms with Crippen LogP contribution in [0.25, 0.3) is 0 Å². The Labute approximate surface area is 103 Å². The average Bonchev–Trinajstić information content (AvgIpc) is 2.30. The Kier molecular flexibility index (Phi) is 7.09. The molecule has 15 heavy (non-hydrogen) atoms. The van der Waals surface area contributed by atoms with Crippen molar-refractivity contribution in [3.63, 3.8) is 0 Å². The summed E-state index contributed by atoms with van der Waals surface area (Å²) in [6.07, 6.45) is 3.41. The van der Waals surface area contributed by atoms with Gasteiger partial charge in [-0.2, -0.15) is 0 Å². The van der Waals surface area contributed by atoms with Crippen molar-refractivity contribution in [3.8, 4) is 0 Å². The van der Waals surface area contributed by atoms with Gasteiger partial charge in [0.05, 0.1) is 0 Å². The Hall–Kier alpha value is -0.0304. The third kappa shape index (κ3) is 5.56. The van der Waals surface area contributed by atoms with Crippen LogP contribution in [-0.4, -0.2) is 26.0 Å². The summed E-state index contributed by atoms with van der Waals surface area (Å²) in [4.78, 5) is 0. The second-order valence-electron chi connectivity index (χ2n) is 3.68. The van der Waals surface area contributed by atoms with Gasteiger partial charge in [-0.15, -0.1) is 0 Å². The summed E-state index contributed by atoms with van der Waals surface area (Å²) < 4.78 is 2.70. The molecule has 0 aliphatic carbocycles. The van der Waals surface area contributed by atoms with Gasteiger partial charge in [0.2, 0.25) is 0 Å². The fraction of sp³-hybridized carbons (Fsp3) is 0.538. The van der Waals surface area contributed by atoms with Crippen molar-refractivity contribution in [2.24, 2.45) is 0 Å². The first-order valence-corrected chi connectivity index (χ1v) is 8.95. The van der Waals surface area contributed by atoms with Crippen molar-refractivity contribution >= 4 is 20.9 Å². The van der Waals surface area contributed by atoms with Gasteiger partial charge in [0, 0.05) is 0 Å². The van der Waals surface area contributed by atoms with E-state index >= 15 is 0 Å². The first-order valence-electron chi connectivity index (χ1n) is 5.65. The Morgan fingerprint density at radius 1 is 1.20 bits per heavy atom. The summed E-state index contributed by atoms with van der Waals surface area (Å²) >= 11 is 0.167. The maximum atomic E-state index is 9.90. The summed E-state index contributed by atoms with van der Waals surface area (Å²) in [6.45, 7) is 2.24. The Morgan fingerprint density at radius 3 is 2.60 bits per heavy atom. The number of hydrogen-bond acceptors (Lipinski definition) is 1. The summed E-state index contributed by atoms with van der Waals surface area (Å²) in [5.41, 5.74) is 1.07. The molecule has 0 fully saturated rings. The van der Waals surface area contributed by atoms with E-state index in [1.54, 1.807) is 0 Å². The molecule has 0 radical (unpaired) electrons. The fourth-order valence-corrected chi connectivity index (χ4v) is 4.49. The van der Waals surface area contributed by atoms with Gasteiger partial charge in [0.1, 0.15) is 0 Å². The fourth-order valence-electron chi connectivity index (χ4n) is 1.39. The predicted octanol–water partition coefficient (Wildman–Crippen LogP) is 3.45. The molecule has 1 unspecified atom stereocenters. The molecule has 2 heteroatoms. The van der Waals surface area contributed by atoms with Gasteiger partial charge in [-0.05, 0) is 0 Å². The van der Waals surface area contributed by atoms with E-state index in [1.807, 2.05) is 30.3 Å². The van der Waals surface area contributed by atoms with Crippen LogP contribution < -0.4 is 0 Å². The second-order valence-corrected chi connectivity index (χ2v) is 7.18. The van der Waals surface area contributed by atoms with Crippen molar-refractivity contribution in [2.75, 3.05) is 0 Å². The monoisotopic (exact) mass is 322 g/mol. The van der Waals surface area contributed by atoms with Crippen LogP contribution >= 0.6 is 0 Å². The molecule has 0 amide bonds.